The van der Waals surface area contributed by atoms with Crippen molar-refractivity contribution in [1.82, 2.24) is 19.9 Å². The monoisotopic (exact) mass is 282 g/mol. The van der Waals surface area contributed by atoms with E-state index in [-0.39, 0.29) is 11.7 Å². The fourth-order valence-corrected chi connectivity index (χ4v) is 2.36. The van der Waals surface area contributed by atoms with E-state index in [9.17, 15) is 4.79 Å². The molecule has 2 aromatic heterocycles. The molecule has 0 aliphatic carbocycles. The lowest BCUT2D eigenvalue weighted by molar-refractivity contribution is -0.137. The average Bonchev–Trinajstić information content (AvgIpc) is 3.01. The molecular weight excluding hydrogens is 268 g/mol. The molecule has 0 atom stereocenters. The van der Waals surface area contributed by atoms with Gasteiger partial charge in [0.25, 0.3) is 0 Å². The minimum absolute atomic E-state index is 0.201. The van der Waals surface area contributed by atoms with E-state index in [1.165, 1.54) is 18.9 Å². The number of aromatic nitrogens is 4. The Morgan fingerprint density at radius 1 is 1.53 bits per heavy atom. The highest BCUT2D eigenvalue weighted by Crippen LogP contribution is 2.23. The van der Waals surface area contributed by atoms with E-state index in [1.54, 1.807) is 6.07 Å². The number of carbonyl (C=O) groups is 1. The Morgan fingerprint density at radius 2 is 2.32 bits per heavy atom. The fourth-order valence-electron chi connectivity index (χ4n) is 1.52. The zero-order valence-corrected chi connectivity index (χ0v) is 11.7. The summed E-state index contributed by atoms with van der Waals surface area (Å²) in [5.74, 6) is 1.25. The first-order valence-electron chi connectivity index (χ1n) is 5.72. The summed E-state index contributed by atoms with van der Waals surface area (Å²) in [6, 6.07) is 1.80. The van der Waals surface area contributed by atoms with Gasteiger partial charge in [-0.25, -0.2) is 0 Å². The molecule has 7 nitrogen and oxygen atoms in total. The van der Waals surface area contributed by atoms with Gasteiger partial charge in [0.15, 0.2) is 16.7 Å². The lowest BCUT2D eigenvalue weighted by Crippen LogP contribution is -2.05. The van der Waals surface area contributed by atoms with Crippen LogP contribution in [-0.4, -0.2) is 38.8 Å². The van der Waals surface area contributed by atoms with Gasteiger partial charge in [-0.1, -0.05) is 16.9 Å². The van der Waals surface area contributed by atoms with Gasteiger partial charge in [0, 0.05) is 12.6 Å². The SMILES string of the molecule is CCn1c(SCC(=O)OC)nnc1-c1cc(C)on1. The standard InChI is InChI=1S/C11H14N4O3S/c1-4-15-10(8-5-7(2)18-14-8)12-13-11(15)19-6-9(16)17-3/h5H,4,6H2,1-3H3. The molecule has 0 spiro atoms. The molecular formula is C11H14N4O3S. The van der Waals surface area contributed by atoms with Gasteiger partial charge in [0.2, 0.25) is 0 Å². The second kappa shape index (κ2) is 5.87. The molecule has 102 valence electrons. The summed E-state index contributed by atoms with van der Waals surface area (Å²) in [7, 11) is 1.36. The van der Waals surface area contributed by atoms with Crippen LogP contribution in [0.4, 0.5) is 0 Å². The van der Waals surface area contributed by atoms with Crippen LogP contribution in [0.1, 0.15) is 12.7 Å². The highest BCUT2D eigenvalue weighted by atomic mass is 32.2. The Morgan fingerprint density at radius 3 is 2.89 bits per heavy atom. The van der Waals surface area contributed by atoms with Gasteiger partial charge in [-0.3, -0.25) is 4.79 Å². The molecule has 0 radical (unpaired) electrons. The molecule has 0 amide bonds. The fraction of sp³-hybridized carbons (Fsp3) is 0.455. The molecule has 0 saturated carbocycles. The Kier molecular flexibility index (Phi) is 4.20. The minimum Gasteiger partial charge on any atom is -0.468 e. The highest BCUT2D eigenvalue weighted by molar-refractivity contribution is 7.99. The lowest BCUT2D eigenvalue weighted by atomic mass is 10.3. The van der Waals surface area contributed by atoms with Crippen molar-refractivity contribution in [3.05, 3.63) is 11.8 Å². The number of nitrogens with zero attached hydrogens (tertiary/aromatic N) is 4. The quantitative estimate of drug-likeness (QED) is 0.607. The van der Waals surface area contributed by atoms with E-state index in [4.69, 9.17) is 4.52 Å². The molecule has 0 aliphatic rings. The van der Waals surface area contributed by atoms with Crippen LogP contribution in [0.2, 0.25) is 0 Å². The van der Waals surface area contributed by atoms with Crippen molar-refractivity contribution < 1.29 is 14.1 Å². The van der Waals surface area contributed by atoms with Crippen LogP contribution in [0.15, 0.2) is 15.7 Å². The van der Waals surface area contributed by atoms with Crippen LogP contribution < -0.4 is 0 Å². The van der Waals surface area contributed by atoms with Crippen LogP contribution in [0.25, 0.3) is 11.5 Å². The molecule has 2 rings (SSSR count). The lowest BCUT2D eigenvalue weighted by Gasteiger charge is -2.04. The number of ether oxygens (including phenoxy) is 1. The van der Waals surface area contributed by atoms with Crippen molar-refractivity contribution >= 4 is 17.7 Å². The Labute approximate surface area is 114 Å². The third-order valence-electron chi connectivity index (χ3n) is 2.44. The molecule has 8 heteroatoms. The first-order valence-corrected chi connectivity index (χ1v) is 6.70. The average molecular weight is 282 g/mol. The van der Waals surface area contributed by atoms with Gasteiger partial charge in [0.1, 0.15) is 5.76 Å². The molecule has 0 aromatic carbocycles. The van der Waals surface area contributed by atoms with Crippen molar-refractivity contribution in [3.8, 4) is 11.5 Å². The van der Waals surface area contributed by atoms with Crippen LogP contribution in [0, 0.1) is 6.92 Å². The molecule has 19 heavy (non-hydrogen) atoms. The minimum atomic E-state index is -0.297. The van der Waals surface area contributed by atoms with Crippen LogP contribution in [0.5, 0.6) is 0 Å². The van der Waals surface area contributed by atoms with Gasteiger partial charge in [-0.2, -0.15) is 0 Å². The number of methoxy groups -OCH3 is 1. The van der Waals surface area contributed by atoms with Crippen molar-refractivity contribution in [1.29, 1.82) is 0 Å². The van der Waals surface area contributed by atoms with E-state index in [2.05, 4.69) is 20.1 Å². The predicted octanol–water partition coefficient (Wildman–Crippen LogP) is 1.53. The van der Waals surface area contributed by atoms with E-state index in [0.717, 1.165) is 0 Å². The summed E-state index contributed by atoms with van der Waals surface area (Å²) < 4.78 is 11.5. The van der Waals surface area contributed by atoms with E-state index in [0.29, 0.717) is 29.0 Å². The second-order valence-electron chi connectivity index (χ2n) is 3.74. The predicted molar refractivity (Wildman–Crippen MR) is 68.7 cm³/mol. The Hall–Kier alpha value is -1.83. The topological polar surface area (TPSA) is 83.0 Å². The maximum Gasteiger partial charge on any atom is 0.316 e. The van der Waals surface area contributed by atoms with E-state index in [1.807, 2.05) is 18.4 Å². The van der Waals surface area contributed by atoms with Crippen molar-refractivity contribution in [2.24, 2.45) is 0 Å². The number of rotatable bonds is 5. The number of esters is 1. The summed E-state index contributed by atoms with van der Waals surface area (Å²) in [5, 5.41) is 12.7. The van der Waals surface area contributed by atoms with Crippen molar-refractivity contribution in [2.45, 2.75) is 25.5 Å². The Balaban J connectivity index is 2.23. The molecule has 0 bridgehead atoms. The zero-order valence-electron chi connectivity index (χ0n) is 10.9. The van der Waals surface area contributed by atoms with Gasteiger partial charge >= 0.3 is 5.97 Å². The van der Waals surface area contributed by atoms with Gasteiger partial charge in [-0.15, -0.1) is 10.2 Å². The van der Waals surface area contributed by atoms with Crippen LogP contribution in [0.3, 0.4) is 0 Å². The smallest absolute Gasteiger partial charge is 0.316 e. The molecule has 2 heterocycles. The number of aryl methyl sites for hydroxylation is 1. The van der Waals surface area contributed by atoms with Gasteiger partial charge < -0.3 is 13.8 Å². The summed E-state index contributed by atoms with van der Waals surface area (Å²) in [6.45, 7) is 4.47. The number of hydrogen-bond acceptors (Lipinski definition) is 7. The van der Waals surface area contributed by atoms with E-state index >= 15 is 0 Å². The summed E-state index contributed by atoms with van der Waals surface area (Å²) in [5.41, 5.74) is 0.636. The largest absolute Gasteiger partial charge is 0.468 e. The second-order valence-corrected chi connectivity index (χ2v) is 4.68. The van der Waals surface area contributed by atoms with Crippen molar-refractivity contribution in [2.75, 3.05) is 12.9 Å². The Bertz CT molecular complexity index is 578. The van der Waals surface area contributed by atoms with Crippen LogP contribution in [-0.2, 0) is 16.1 Å². The maximum absolute atomic E-state index is 11.1. The molecule has 0 fully saturated rings. The summed E-state index contributed by atoms with van der Waals surface area (Å²) in [4.78, 5) is 11.1. The maximum atomic E-state index is 11.1. The number of hydrogen-bond donors (Lipinski definition) is 0. The van der Waals surface area contributed by atoms with Gasteiger partial charge in [-0.05, 0) is 13.8 Å². The van der Waals surface area contributed by atoms with Crippen LogP contribution >= 0.6 is 11.8 Å². The summed E-state index contributed by atoms with van der Waals surface area (Å²) in [6.07, 6.45) is 0. The molecule has 0 saturated heterocycles. The summed E-state index contributed by atoms with van der Waals surface area (Å²) >= 11 is 1.28. The van der Waals surface area contributed by atoms with Crippen molar-refractivity contribution in [3.63, 3.8) is 0 Å². The highest BCUT2D eigenvalue weighted by Gasteiger charge is 2.17. The normalized spacial score (nSPS) is 10.7. The number of thioether (sulfide) groups is 1. The molecule has 2 aromatic rings. The molecule has 0 N–H and O–H groups in total. The molecule has 0 aliphatic heterocycles. The molecule has 0 unspecified atom stereocenters. The van der Waals surface area contributed by atoms with Gasteiger partial charge in [0.05, 0.1) is 12.9 Å². The third-order valence-corrected chi connectivity index (χ3v) is 3.38. The third kappa shape index (κ3) is 2.95. The first kappa shape index (κ1) is 13.6. The zero-order chi connectivity index (χ0) is 13.8. The van der Waals surface area contributed by atoms with E-state index < -0.39 is 0 Å². The first-order chi connectivity index (χ1) is 9.15. The number of carbonyl (C=O) groups excluding carboxylic acids is 1.